The third-order valence-electron chi connectivity index (χ3n) is 6.21. The number of nitrogens with zero attached hydrogens (tertiary/aromatic N) is 5. The Balaban J connectivity index is 1.28. The molecule has 4 aromatic rings. The van der Waals surface area contributed by atoms with Crippen molar-refractivity contribution in [2.24, 2.45) is 5.92 Å². The Morgan fingerprint density at radius 2 is 1.77 bits per heavy atom. The highest BCUT2D eigenvalue weighted by molar-refractivity contribution is 6.30. The Labute approximate surface area is 207 Å². The zero-order valence-electron chi connectivity index (χ0n) is 19.4. The van der Waals surface area contributed by atoms with Gasteiger partial charge in [0.2, 0.25) is 5.91 Å². The van der Waals surface area contributed by atoms with E-state index in [1.54, 1.807) is 36.9 Å². The van der Waals surface area contributed by atoms with Crippen molar-refractivity contribution in [3.63, 3.8) is 0 Å². The summed E-state index contributed by atoms with van der Waals surface area (Å²) in [7, 11) is 3.17. The summed E-state index contributed by atoms with van der Waals surface area (Å²) < 4.78 is 12.4. The zero-order chi connectivity index (χ0) is 24.4. The van der Waals surface area contributed by atoms with Crippen LogP contribution in [-0.4, -0.2) is 53.0 Å². The van der Waals surface area contributed by atoms with Crippen LogP contribution in [0.3, 0.4) is 0 Å². The number of ether oxygens (including phenoxy) is 2. The lowest BCUT2D eigenvalue weighted by molar-refractivity contribution is -0.120. The molecule has 0 aliphatic carbocycles. The van der Waals surface area contributed by atoms with Crippen molar-refractivity contribution < 1.29 is 14.3 Å². The molecule has 9 nitrogen and oxygen atoms in total. The number of aromatic nitrogens is 4. The van der Waals surface area contributed by atoms with Crippen LogP contribution in [0.2, 0.25) is 5.02 Å². The van der Waals surface area contributed by atoms with Gasteiger partial charge in [0.15, 0.2) is 11.5 Å². The van der Waals surface area contributed by atoms with Gasteiger partial charge in [-0.15, -0.1) is 15.3 Å². The molecule has 1 amide bonds. The van der Waals surface area contributed by atoms with Gasteiger partial charge in [0.1, 0.15) is 17.3 Å². The van der Waals surface area contributed by atoms with Gasteiger partial charge in [-0.2, -0.15) is 4.52 Å². The van der Waals surface area contributed by atoms with Crippen molar-refractivity contribution in [1.82, 2.24) is 19.8 Å². The number of hydrogen-bond acceptors (Lipinski definition) is 7. The van der Waals surface area contributed by atoms with Gasteiger partial charge in [0, 0.05) is 35.7 Å². The summed E-state index contributed by atoms with van der Waals surface area (Å²) in [5.74, 6) is 2.60. The Morgan fingerprint density at radius 3 is 2.49 bits per heavy atom. The first-order chi connectivity index (χ1) is 17.1. The number of anilines is 2. The van der Waals surface area contributed by atoms with E-state index in [-0.39, 0.29) is 11.8 Å². The summed E-state index contributed by atoms with van der Waals surface area (Å²) in [6.45, 7) is 1.43. The van der Waals surface area contributed by atoms with Gasteiger partial charge in [0.05, 0.1) is 19.9 Å². The SMILES string of the molecule is COc1ccc(OC)c(NC(=O)C2CCN(c3ccc4nnc(-c5ccc(Cl)cc5)n4n3)CC2)c1. The van der Waals surface area contributed by atoms with Crippen molar-refractivity contribution in [3.8, 4) is 22.9 Å². The molecule has 35 heavy (non-hydrogen) atoms. The third-order valence-corrected chi connectivity index (χ3v) is 6.46. The lowest BCUT2D eigenvalue weighted by Crippen LogP contribution is -2.38. The average Bonchev–Trinajstić information content (AvgIpc) is 3.32. The Kier molecular flexibility index (Phi) is 6.41. The van der Waals surface area contributed by atoms with E-state index in [4.69, 9.17) is 26.2 Å². The van der Waals surface area contributed by atoms with E-state index >= 15 is 0 Å². The highest BCUT2D eigenvalue weighted by atomic mass is 35.5. The van der Waals surface area contributed by atoms with E-state index in [0.29, 0.717) is 59.6 Å². The molecule has 2 aromatic carbocycles. The molecular formula is C25H25ClN6O3. The van der Waals surface area contributed by atoms with Crippen LogP contribution in [0.1, 0.15) is 12.8 Å². The number of carbonyl (C=O) groups is 1. The summed E-state index contributed by atoms with van der Waals surface area (Å²) >= 11 is 6.02. The molecule has 0 spiro atoms. The molecule has 3 heterocycles. The number of benzene rings is 2. The molecule has 180 valence electrons. The summed E-state index contributed by atoms with van der Waals surface area (Å²) in [6, 6.07) is 16.6. The number of halogens is 1. The van der Waals surface area contributed by atoms with E-state index in [2.05, 4.69) is 20.4 Å². The molecule has 0 bridgehead atoms. The molecule has 10 heteroatoms. The van der Waals surface area contributed by atoms with Gasteiger partial charge in [-0.1, -0.05) is 11.6 Å². The Hall–Kier alpha value is -3.85. The molecule has 1 N–H and O–H groups in total. The van der Waals surface area contributed by atoms with Crippen LogP contribution in [0.25, 0.3) is 17.0 Å². The van der Waals surface area contributed by atoms with Crippen LogP contribution in [0.15, 0.2) is 54.6 Å². The van der Waals surface area contributed by atoms with Crippen LogP contribution in [0.4, 0.5) is 11.5 Å². The first-order valence-electron chi connectivity index (χ1n) is 11.3. The van der Waals surface area contributed by atoms with Gasteiger partial charge >= 0.3 is 0 Å². The number of amides is 1. The van der Waals surface area contributed by atoms with Crippen LogP contribution in [-0.2, 0) is 4.79 Å². The maximum absolute atomic E-state index is 13.0. The summed E-state index contributed by atoms with van der Waals surface area (Å²) in [5, 5.41) is 17.0. The molecule has 1 aliphatic rings. The lowest BCUT2D eigenvalue weighted by Gasteiger charge is -2.32. The largest absolute Gasteiger partial charge is 0.497 e. The molecule has 5 rings (SSSR count). The van der Waals surface area contributed by atoms with Crippen molar-refractivity contribution in [1.29, 1.82) is 0 Å². The first kappa shape index (κ1) is 22.9. The smallest absolute Gasteiger partial charge is 0.227 e. The number of rotatable bonds is 6. The highest BCUT2D eigenvalue weighted by Crippen LogP contribution is 2.31. The minimum Gasteiger partial charge on any atom is -0.497 e. The van der Waals surface area contributed by atoms with Crippen molar-refractivity contribution in [3.05, 3.63) is 59.6 Å². The predicted octanol–water partition coefficient (Wildman–Crippen LogP) is 4.32. The second-order valence-electron chi connectivity index (χ2n) is 8.31. The van der Waals surface area contributed by atoms with E-state index in [0.717, 1.165) is 11.4 Å². The Bertz CT molecular complexity index is 1350. The molecule has 0 radical (unpaired) electrons. The first-order valence-corrected chi connectivity index (χ1v) is 11.7. The monoisotopic (exact) mass is 492 g/mol. The second kappa shape index (κ2) is 9.79. The topological polar surface area (TPSA) is 93.9 Å². The molecule has 0 atom stereocenters. The zero-order valence-corrected chi connectivity index (χ0v) is 20.2. The van der Waals surface area contributed by atoms with Gasteiger partial charge in [0.25, 0.3) is 0 Å². The van der Waals surface area contributed by atoms with E-state index in [9.17, 15) is 4.79 Å². The fourth-order valence-corrected chi connectivity index (χ4v) is 4.37. The molecule has 1 fully saturated rings. The Morgan fingerprint density at radius 1 is 1.00 bits per heavy atom. The van der Waals surface area contributed by atoms with Gasteiger partial charge in [-0.3, -0.25) is 4.79 Å². The molecule has 0 unspecified atom stereocenters. The van der Waals surface area contributed by atoms with Crippen molar-refractivity contribution >= 4 is 34.7 Å². The van der Waals surface area contributed by atoms with Crippen LogP contribution in [0, 0.1) is 5.92 Å². The average molecular weight is 493 g/mol. The van der Waals surface area contributed by atoms with Crippen LogP contribution >= 0.6 is 11.6 Å². The van der Waals surface area contributed by atoms with Crippen molar-refractivity contribution in [2.75, 3.05) is 37.5 Å². The lowest BCUT2D eigenvalue weighted by atomic mass is 9.95. The number of methoxy groups -OCH3 is 2. The van der Waals surface area contributed by atoms with E-state index in [1.807, 2.05) is 36.4 Å². The van der Waals surface area contributed by atoms with Gasteiger partial charge < -0.3 is 19.7 Å². The maximum atomic E-state index is 13.0. The summed E-state index contributed by atoms with van der Waals surface area (Å²) in [6.07, 6.45) is 1.42. The number of carbonyl (C=O) groups excluding carboxylic acids is 1. The minimum atomic E-state index is -0.106. The van der Waals surface area contributed by atoms with E-state index < -0.39 is 0 Å². The number of hydrogen-bond donors (Lipinski definition) is 1. The third kappa shape index (κ3) is 4.72. The number of fused-ring (bicyclic) bond motifs is 1. The van der Waals surface area contributed by atoms with Crippen LogP contribution in [0.5, 0.6) is 11.5 Å². The maximum Gasteiger partial charge on any atom is 0.227 e. The van der Waals surface area contributed by atoms with Crippen molar-refractivity contribution in [2.45, 2.75) is 12.8 Å². The standard InChI is InChI=1S/C25H25ClN6O3/c1-34-19-7-8-21(35-2)20(15-19)27-25(33)17-11-13-31(14-12-17)23-10-9-22-28-29-24(32(22)30-23)16-3-5-18(26)6-4-16/h3-10,15,17H,11-14H2,1-2H3,(H,27,33). The van der Waals surface area contributed by atoms with Gasteiger partial charge in [-0.05, 0) is 61.4 Å². The molecule has 0 saturated carbocycles. The molecule has 1 saturated heterocycles. The summed E-state index contributed by atoms with van der Waals surface area (Å²) in [4.78, 5) is 15.2. The molecule has 2 aromatic heterocycles. The fraction of sp³-hybridized carbons (Fsp3) is 0.280. The summed E-state index contributed by atoms with van der Waals surface area (Å²) in [5.41, 5.74) is 2.16. The highest BCUT2D eigenvalue weighted by Gasteiger charge is 2.27. The molecular weight excluding hydrogens is 468 g/mol. The second-order valence-corrected chi connectivity index (χ2v) is 8.75. The minimum absolute atomic E-state index is 0.0246. The number of nitrogens with one attached hydrogen (secondary N) is 1. The number of piperidine rings is 1. The predicted molar refractivity (Wildman–Crippen MR) is 134 cm³/mol. The van der Waals surface area contributed by atoms with Crippen LogP contribution < -0.4 is 19.7 Å². The fourth-order valence-electron chi connectivity index (χ4n) is 4.24. The van der Waals surface area contributed by atoms with Gasteiger partial charge in [-0.25, -0.2) is 0 Å². The quantitative estimate of drug-likeness (QED) is 0.428. The normalized spacial score (nSPS) is 14.2. The molecule has 1 aliphatic heterocycles. The van der Waals surface area contributed by atoms with E-state index in [1.165, 1.54) is 0 Å².